The Labute approximate surface area is 199 Å². The molecule has 0 bridgehead atoms. The molecule has 1 aromatic heterocycles. The minimum absolute atomic E-state index is 0.185. The van der Waals surface area contributed by atoms with Gasteiger partial charge in [-0.25, -0.2) is 9.18 Å². The summed E-state index contributed by atoms with van der Waals surface area (Å²) in [4.78, 5) is 29.6. The van der Waals surface area contributed by atoms with E-state index in [1.54, 1.807) is 18.2 Å². The number of carbonyl (C=O) groups is 2. The van der Waals surface area contributed by atoms with Crippen molar-refractivity contribution < 1.29 is 22.9 Å². The van der Waals surface area contributed by atoms with Crippen LogP contribution in [-0.4, -0.2) is 60.0 Å². The Kier molecular flexibility index (Phi) is 7.12. The molecule has 1 N–H and O–H groups in total. The number of ether oxygens (including phenoxy) is 1. The summed E-state index contributed by atoms with van der Waals surface area (Å²) in [6.07, 6.45) is -1.08. The van der Waals surface area contributed by atoms with Crippen molar-refractivity contribution in [3.63, 3.8) is 0 Å². The van der Waals surface area contributed by atoms with E-state index in [-0.39, 0.29) is 19.0 Å². The molecule has 2 fully saturated rings. The van der Waals surface area contributed by atoms with E-state index in [2.05, 4.69) is 27.9 Å². The summed E-state index contributed by atoms with van der Waals surface area (Å²) in [7, 11) is -0.837. The van der Waals surface area contributed by atoms with Gasteiger partial charge >= 0.3 is 6.09 Å². The van der Waals surface area contributed by atoms with Crippen LogP contribution >= 0.6 is 33.9 Å². The smallest absolute Gasteiger partial charge is 0.414 e. The first-order valence-corrected chi connectivity index (χ1v) is 13.6. The first-order valence-electron chi connectivity index (χ1n) is 9.75. The minimum atomic E-state index is -0.837. The fourth-order valence-electron chi connectivity index (χ4n) is 3.50. The van der Waals surface area contributed by atoms with Crippen molar-refractivity contribution in [3.05, 3.63) is 45.9 Å². The summed E-state index contributed by atoms with van der Waals surface area (Å²) in [6.45, 7) is 1.49. The number of rotatable bonds is 6. The van der Waals surface area contributed by atoms with Gasteiger partial charge in [0.15, 0.2) is 0 Å². The molecule has 1 aromatic carbocycles. The maximum atomic E-state index is 14.7. The summed E-state index contributed by atoms with van der Waals surface area (Å²) >= 11 is 3.68. The minimum Gasteiger partial charge on any atom is -0.442 e. The van der Waals surface area contributed by atoms with Gasteiger partial charge < -0.3 is 15.0 Å². The number of cyclic esters (lactones) is 1. The second-order valence-corrected chi connectivity index (χ2v) is 10.8. The van der Waals surface area contributed by atoms with E-state index < -0.39 is 28.8 Å². The molecule has 11 heteroatoms. The standard InChI is InChI=1S/C20H21FIN3O4S2/c21-16-9-13(1-3-17(16)24-5-7-31(28)8-6-24)25-12-14(29-20(25)27)11-23-19(26)18-4-2-15(10-22)30-18/h1-4,9,14H,5-8,10-12H2,(H,23,26)/t14-/m0/s1. The van der Waals surface area contributed by atoms with Crippen molar-refractivity contribution in [1.29, 1.82) is 0 Å². The molecule has 0 aliphatic carbocycles. The zero-order valence-corrected chi connectivity index (χ0v) is 20.3. The molecule has 2 aromatic rings. The van der Waals surface area contributed by atoms with Crippen LogP contribution in [0.4, 0.5) is 20.6 Å². The van der Waals surface area contributed by atoms with Gasteiger partial charge in [-0.15, -0.1) is 11.3 Å². The highest BCUT2D eigenvalue weighted by atomic mass is 127. The number of halogens is 2. The largest absolute Gasteiger partial charge is 0.442 e. The van der Waals surface area contributed by atoms with Crippen LogP contribution in [0.15, 0.2) is 30.3 Å². The maximum Gasteiger partial charge on any atom is 0.414 e. The predicted molar refractivity (Wildman–Crippen MR) is 128 cm³/mol. The molecule has 0 saturated carbocycles. The first-order chi connectivity index (χ1) is 14.9. The molecule has 166 valence electrons. The molecule has 2 saturated heterocycles. The van der Waals surface area contributed by atoms with Crippen LogP contribution in [0.3, 0.4) is 0 Å². The molecule has 7 nitrogen and oxygen atoms in total. The first kappa shape index (κ1) is 22.5. The lowest BCUT2D eigenvalue weighted by Crippen LogP contribution is -2.38. The summed E-state index contributed by atoms with van der Waals surface area (Å²) in [5.74, 6) is 0.419. The van der Waals surface area contributed by atoms with Gasteiger partial charge in [-0.2, -0.15) is 0 Å². The molecule has 3 heterocycles. The second-order valence-electron chi connectivity index (χ2n) is 7.20. The van der Waals surface area contributed by atoms with Crippen LogP contribution in [-0.2, 0) is 20.0 Å². The van der Waals surface area contributed by atoms with E-state index in [1.807, 2.05) is 11.0 Å². The molecule has 0 unspecified atom stereocenters. The Morgan fingerprint density at radius 1 is 1.29 bits per heavy atom. The highest BCUT2D eigenvalue weighted by molar-refractivity contribution is 14.1. The molecule has 4 rings (SSSR count). The number of thiophene rings is 1. The van der Waals surface area contributed by atoms with E-state index in [0.717, 1.165) is 9.30 Å². The number of nitrogens with zero attached hydrogens (tertiary/aromatic N) is 2. The number of amides is 2. The molecule has 0 spiro atoms. The van der Waals surface area contributed by atoms with Crippen molar-refractivity contribution in [2.45, 2.75) is 10.5 Å². The molecule has 31 heavy (non-hydrogen) atoms. The van der Waals surface area contributed by atoms with E-state index >= 15 is 0 Å². The molecule has 2 aliphatic heterocycles. The van der Waals surface area contributed by atoms with Gasteiger partial charge in [-0.1, -0.05) is 22.6 Å². The predicted octanol–water partition coefficient (Wildman–Crippen LogP) is 3.15. The summed E-state index contributed by atoms with van der Waals surface area (Å²) in [6, 6.07) is 8.35. The van der Waals surface area contributed by atoms with Crippen LogP contribution in [0.1, 0.15) is 14.5 Å². The fraction of sp³-hybridized carbons (Fsp3) is 0.400. The van der Waals surface area contributed by atoms with Crippen molar-refractivity contribution >= 4 is 68.1 Å². The van der Waals surface area contributed by atoms with Crippen LogP contribution in [0, 0.1) is 5.82 Å². The Bertz CT molecular complexity index is 1010. The van der Waals surface area contributed by atoms with E-state index in [9.17, 15) is 18.2 Å². The van der Waals surface area contributed by atoms with Gasteiger partial charge in [-0.05, 0) is 30.3 Å². The van der Waals surface area contributed by atoms with Gasteiger partial charge in [-0.3, -0.25) is 13.9 Å². The Hall–Kier alpha value is -1.73. The van der Waals surface area contributed by atoms with Gasteiger partial charge in [0, 0.05) is 44.7 Å². The normalized spacial score (nSPS) is 19.5. The van der Waals surface area contributed by atoms with E-state index in [0.29, 0.717) is 40.8 Å². The SMILES string of the molecule is O=C(NC[C@H]1CN(c2ccc(N3CCS(=O)CC3)c(F)c2)C(=O)O1)c1ccc(CI)s1. The third-order valence-electron chi connectivity index (χ3n) is 5.14. The topological polar surface area (TPSA) is 79.0 Å². The van der Waals surface area contributed by atoms with Gasteiger partial charge in [0.05, 0.1) is 29.3 Å². The Morgan fingerprint density at radius 2 is 2.06 bits per heavy atom. The average molecular weight is 577 g/mol. The monoisotopic (exact) mass is 577 g/mol. The number of anilines is 2. The van der Waals surface area contributed by atoms with E-state index in [4.69, 9.17) is 4.74 Å². The summed E-state index contributed by atoms with van der Waals surface area (Å²) < 4.78 is 32.4. The molecule has 1 atom stereocenters. The van der Waals surface area contributed by atoms with Crippen LogP contribution < -0.4 is 15.1 Å². The van der Waals surface area contributed by atoms with Gasteiger partial charge in [0.2, 0.25) is 0 Å². The van der Waals surface area contributed by atoms with Crippen molar-refractivity contribution in [1.82, 2.24) is 5.32 Å². The molecular weight excluding hydrogens is 556 g/mol. The Balaban J connectivity index is 1.36. The van der Waals surface area contributed by atoms with Gasteiger partial charge in [0.1, 0.15) is 11.9 Å². The Morgan fingerprint density at radius 3 is 2.74 bits per heavy atom. The molecule has 2 aliphatic rings. The zero-order chi connectivity index (χ0) is 22.0. The van der Waals surface area contributed by atoms with Crippen LogP contribution in [0.5, 0.6) is 0 Å². The second kappa shape index (κ2) is 9.82. The van der Waals surface area contributed by atoms with Crippen molar-refractivity contribution in [2.24, 2.45) is 0 Å². The average Bonchev–Trinajstić information content (AvgIpc) is 3.39. The number of alkyl halides is 1. The van der Waals surface area contributed by atoms with Crippen LogP contribution in [0.2, 0.25) is 0 Å². The number of hydrogen-bond donors (Lipinski definition) is 1. The third kappa shape index (κ3) is 5.20. The molecule has 2 amide bonds. The quantitative estimate of drug-likeness (QED) is 0.422. The molecule has 0 radical (unpaired) electrons. The summed E-state index contributed by atoms with van der Waals surface area (Å²) in [5, 5.41) is 2.80. The zero-order valence-electron chi connectivity index (χ0n) is 16.5. The third-order valence-corrected chi connectivity index (χ3v) is 8.84. The lowest BCUT2D eigenvalue weighted by atomic mass is 10.2. The van der Waals surface area contributed by atoms with Gasteiger partial charge in [0.25, 0.3) is 5.91 Å². The lowest BCUT2D eigenvalue weighted by molar-refractivity contribution is 0.0920. The molecular formula is C20H21FIN3O4S2. The highest BCUT2D eigenvalue weighted by Gasteiger charge is 2.33. The number of nitrogens with one attached hydrogen (secondary N) is 1. The van der Waals surface area contributed by atoms with Crippen molar-refractivity contribution in [2.75, 3.05) is 47.5 Å². The van der Waals surface area contributed by atoms with E-state index in [1.165, 1.54) is 22.3 Å². The van der Waals surface area contributed by atoms with Crippen LogP contribution in [0.25, 0.3) is 0 Å². The summed E-state index contributed by atoms with van der Waals surface area (Å²) in [5.41, 5.74) is 0.851. The maximum absolute atomic E-state index is 14.7. The number of carbonyl (C=O) groups excluding carboxylic acids is 2. The fourth-order valence-corrected chi connectivity index (χ4v) is 6.05. The number of benzene rings is 1. The lowest BCUT2D eigenvalue weighted by Gasteiger charge is -2.29. The highest BCUT2D eigenvalue weighted by Crippen LogP contribution is 2.28. The number of hydrogen-bond acceptors (Lipinski definition) is 6. The van der Waals surface area contributed by atoms with Crippen molar-refractivity contribution in [3.8, 4) is 0 Å².